The van der Waals surface area contributed by atoms with Crippen LogP contribution in [0.25, 0.3) is 16.7 Å². The lowest BCUT2D eigenvalue weighted by molar-refractivity contribution is 0.0966. The first-order chi connectivity index (χ1) is 11.6. The Morgan fingerprint density at radius 1 is 1.08 bits per heavy atom. The molecule has 0 saturated carbocycles. The van der Waals surface area contributed by atoms with Crippen molar-refractivity contribution in [1.82, 2.24) is 10.2 Å². The Kier molecular flexibility index (Phi) is 3.69. The average Bonchev–Trinajstić information content (AvgIpc) is 2.96. The Balaban J connectivity index is 1.92. The van der Waals surface area contributed by atoms with Gasteiger partial charge in [0.15, 0.2) is 0 Å². The van der Waals surface area contributed by atoms with Gasteiger partial charge in [0.1, 0.15) is 5.82 Å². The van der Waals surface area contributed by atoms with Crippen LogP contribution < -0.4 is 5.32 Å². The number of carbonyl (C=O) groups excluding carboxylic acids is 1. The van der Waals surface area contributed by atoms with Crippen LogP contribution >= 0.6 is 0 Å². The normalized spacial score (nSPS) is 17.4. The van der Waals surface area contributed by atoms with E-state index < -0.39 is 0 Å². The van der Waals surface area contributed by atoms with Gasteiger partial charge in [0.25, 0.3) is 5.91 Å². The molecular formula is C20H19FN2O. The topological polar surface area (TPSA) is 32.3 Å². The molecule has 1 N–H and O–H groups in total. The summed E-state index contributed by atoms with van der Waals surface area (Å²) in [6, 6.07) is 10.5. The van der Waals surface area contributed by atoms with Gasteiger partial charge in [0.05, 0.1) is 0 Å². The van der Waals surface area contributed by atoms with Crippen LogP contribution in [0, 0.1) is 5.82 Å². The van der Waals surface area contributed by atoms with Crippen LogP contribution in [0.3, 0.4) is 0 Å². The molecule has 0 unspecified atom stereocenters. The minimum absolute atomic E-state index is 0.0327. The van der Waals surface area contributed by atoms with Gasteiger partial charge in [-0.3, -0.25) is 4.79 Å². The SMILES string of the molecule is CN1CCC=C(c2ccc3c(c2-c2ccc(F)cc2)CNC3=O)C1. The molecule has 0 atom stereocenters. The lowest BCUT2D eigenvalue weighted by Crippen LogP contribution is -2.25. The van der Waals surface area contributed by atoms with E-state index in [1.54, 1.807) is 12.1 Å². The van der Waals surface area contributed by atoms with Crippen LogP contribution in [0.4, 0.5) is 4.39 Å². The molecular weight excluding hydrogens is 303 g/mol. The van der Waals surface area contributed by atoms with Gasteiger partial charge in [0, 0.05) is 25.2 Å². The summed E-state index contributed by atoms with van der Waals surface area (Å²) in [6.45, 7) is 2.46. The zero-order valence-corrected chi connectivity index (χ0v) is 13.6. The van der Waals surface area contributed by atoms with Crippen molar-refractivity contribution >= 4 is 11.5 Å². The molecule has 2 aliphatic heterocycles. The summed E-state index contributed by atoms with van der Waals surface area (Å²) >= 11 is 0. The molecule has 0 bridgehead atoms. The van der Waals surface area contributed by atoms with E-state index >= 15 is 0 Å². The minimum atomic E-state index is -0.251. The maximum absolute atomic E-state index is 13.4. The first-order valence-corrected chi connectivity index (χ1v) is 8.21. The summed E-state index contributed by atoms with van der Waals surface area (Å²) < 4.78 is 13.4. The quantitative estimate of drug-likeness (QED) is 0.918. The van der Waals surface area contributed by atoms with Gasteiger partial charge in [-0.15, -0.1) is 0 Å². The maximum atomic E-state index is 13.4. The lowest BCUT2D eigenvalue weighted by atomic mass is 9.87. The second kappa shape index (κ2) is 5.87. The van der Waals surface area contributed by atoms with Gasteiger partial charge in [-0.1, -0.05) is 24.3 Å². The Morgan fingerprint density at radius 3 is 2.58 bits per heavy atom. The fourth-order valence-corrected chi connectivity index (χ4v) is 3.61. The van der Waals surface area contributed by atoms with Crippen LogP contribution in [0.5, 0.6) is 0 Å². The van der Waals surface area contributed by atoms with Gasteiger partial charge in [-0.2, -0.15) is 0 Å². The van der Waals surface area contributed by atoms with E-state index in [-0.39, 0.29) is 11.7 Å². The van der Waals surface area contributed by atoms with Crippen molar-refractivity contribution in [3.8, 4) is 11.1 Å². The summed E-state index contributed by atoms with van der Waals surface area (Å²) in [5, 5.41) is 2.90. The van der Waals surface area contributed by atoms with E-state index in [4.69, 9.17) is 0 Å². The van der Waals surface area contributed by atoms with Gasteiger partial charge in [-0.05, 0) is 59.5 Å². The third kappa shape index (κ3) is 2.53. The third-order valence-corrected chi connectivity index (χ3v) is 4.80. The molecule has 0 spiro atoms. The number of halogens is 1. The van der Waals surface area contributed by atoms with E-state index in [1.165, 1.54) is 17.7 Å². The van der Waals surface area contributed by atoms with E-state index in [1.807, 2.05) is 12.1 Å². The standard InChI is InChI=1S/C20H19FN2O/c1-23-10-2-3-14(12-23)16-8-9-17-18(11-22-20(17)24)19(16)13-4-6-15(21)7-5-13/h3-9H,2,10-12H2,1H3,(H,22,24). The van der Waals surface area contributed by atoms with E-state index in [2.05, 4.69) is 23.3 Å². The number of benzene rings is 2. The number of nitrogens with zero attached hydrogens (tertiary/aromatic N) is 1. The van der Waals surface area contributed by atoms with Crippen molar-refractivity contribution in [2.45, 2.75) is 13.0 Å². The number of likely N-dealkylation sites (N-methyl/N-ethyl adjacent to an activating group) is 1. The highest BCUT2D eigenvalue weighted by molar-refractivity contribution is 6.02. The number of amides is 1. The Morgan fingerprint density at radius 2 is 1.83 bits per heavy atom. The van der Waals surface area contributed by atoms with Crippen molar-refractivity contribution in [1.29, 1.82) is 0 Å². The fourth-order valence-electron chi connectivity index (χ4n) is 3.61. The van der Waals surface area contributed by atoms with Crippen LogP contribution in [-0.4, -0.2) is 30.9 Å². The van der Waals surface area contributed by atoms with Crippen LogP contribution in [-0.2, 0) is 6.54 Å². The highest BCUT2D eigenvalue weighted by Crippen LogP contribution is 2.37. The first-order valence-electron chi connectivity index (χ1n) is 8.21. The molecule has 1 amide bonds. The van der Waals surface area contributed by atoms with Crippen molar-refractivity contribution < 1.29 is 9.18 Å². The summed E-state index contributed by atoms with van der Waals surface area (Å²) in [5.74, 6) is -0.284. The van der Waals surface area contributed by atoms with Crippen molar-refractivity contribution in [2.24, 2.45) is 0 Å². The molecule has 2 aromatic rings. The summed E-state index contributed by atoms with van der Waals surface area (Å²) in [6.07, 6.45) is 3.29. The van der Waals surface area contributed by atoms with E-state index in [0.29, 0.717) is 6.54 Å². The zero-order chi connectivity index (χ0) is 16.7. The molecule has 0 aliphatic carbocycles. The predicted molar refractivity (Wildman–Crippen MR) is 93.1 cm³/mol. The Bertz CT molecular complexity index is 839. The molecule has 0 aromatic heterocycles. The molecule has 24 heavy (non-hydrogen) atoms. The highest BCUT2D eigenvalue weighted by Gasteiger charge is 2.26. The van der Waals surface area contributed by atoms with Crippen molar-refractivity contribution in [3.63, 3.8) is 0 Å². The zero-order valence-electron chi connectivity index (χ0n) is 13.6. The molecule has 4 rings (SSSR count). The lowest BCUT2D eigenvalue weighted by Gasteiger charge is -2.25. The highest BCUT2D eigenvalue weighted by atomic mass is 19.1. The second-order valence-corrected chi connectivity index (χ2v) is 6.46. The number of hydrogen-bond acceptors (Lipinski definition) is 2. The monoisotopic (exact) mass is 322 g/mol. The van der Waals surface area contributed by atoms with Crippen LogP contribution in [0.1, 0.15) is 27.9 Å². The number of fused-ring (bicyclic) bond motifs is 1. The van der Waals surface area contributed by atoms with Gasteiger partial charge in [-0.25, -0.2) is 4.39 Å². The molecule has 0 saturated heterocycles. The molecule has 4 heteroatoms. The molecule has 0 fully saturated rings. The van der Waals surface area contributed by atoms with Crippen LogP contribution in [0.2, 0.25) is 0 Å². The molecule has 3 nitrogen and oxygen atoms in total. The van der Waals surface area contributed by atoms with Gasteiger partial charge < -0.3 is 10.2 Å². The molecule has 122 valence electrons. The largest absolute Gasteiger partial charge is 0.348 e. The summed E-state index contributed by atoms with van der Waals surface area (Å²) in [7, 11) is 2.11. The van der Waals surface area contributed by atoms with Gasteiger partial charge in [0.2, 0.25) is 0 Å². The molecule has 0 radical (unpaired) electrons. The molecule has 2 aliphatic rings. The van der Waals surface area contributed by atoms with Crippen LogP contribution in [0.15, 0.2) is 42.5 Å². The maximum Gasteiger partial charge on any atom is 0.251 e. The average molecular weight is 322 g/mol. The Labute approximate surface area is 140 Å². The first kappa shape index (κ1) is 15.1. The molecule has 2 heterocycles. The fraction of sp³-hybridized carbons (Fsp3) is 0.250. The second-order valence-electron chi connectivity index (χ2n) is 6.46. The number of rotatable bonds is 2. The number of hydrogen-bond donors (Lipinski definition) is 1. The van der Waals surface area contributed by atoms with E-state index in [9.17, 15) is 9.18 Å². The van der Waals surface area contributed by atoms with Gasteiger partial charge >= 0.3 is 0 Å². The third-order valence-electron chi connectivity index (χ3n) is 4.80. The smallest absolute Gasteiger partial charge is 0.251 e. The summed E-state index contributed by atoms with van der Waals surface area (Å²) in [4.78, 5) is 14.3. The predicted octanol–water partition coefficient (Wildman–Crippen LogP) is 3.46. The van der Waals surface area contributed by atoms with Crippen molar-refractivity contribution in [3.05, 3.63) is 65.0 Å². The minimum Gasteiger partial charge on any atom is -0.348 e. The number of nitrogens with one attached hydrogen (secondary N) is 1. The number of carbonyl (C=O) groups is 1. The summed E-state index contributed by atoms with van der Waals surface area (Å²) in [5.41, 5.74) is 6.15. The Hall–Kier alpha value is -2.46. The van der Waals surface area contributed by atoms with E-state index in [0.717, 1.165) is 47.3 Å². The van der Waals surface area contributed by atoms with Crippen molar-refractivity contribution in [2.75, 3.05) is 20.1 Å². The molecule has 2 aromatic carbocycles.